The van der Waals surface area contributed by atoms with Gasteiger partial charge in [0, 0.05) is 34.8 Å². The monoisotopic (exact) mass is 639 g/mol. The zero-order chi connectivity index (χ0) is 29.7. The predicted molar refractivity (Wildman–Crippen MR) is 161 cm³/mol. The summed E-state index contributed by atoms with van der Waals surface area (Å²) >= 11 is 3.69. The highest BCUT2D eigenvalue weighted by molar-refractivity contribution is 9.10. The van der Waals surface area contributed by atoms with Gasteiger partial charge >= 0.3 is 5.97 Å². The Hall–Kier alpha value is -2.63. The van der Waals surface area contributed by atoms with Crippen LogP contribution in [0.15, 0.2) is 28.7 Å². The number of nitrogens with one attached hydrogen (secondary N) is 1. The molecular formula is C29H42BrNO8Si. The topological polar surface area (TPSA) is 93.7 Å². The zero-order valence-corrected chi connectivity index (χ0v) is 27.5. The molecule has 2 aromatic carbocycles. The van der Waals surface area contributed by atoms with E-state index in [9.17, 15) is 4.79 Å². The van der Waals surface area contributed by atoms with E-state index >= 15 is 0 Å². The Bertz CT molecular complexity index is 1160. The normalized spacial score (nSPS) is 14.3. The molecule has 0 bridgehead atoms. The third kappa shape index (κ3) is 7.35. The summed E-state index contributed by atoms with van der Waals surface area (Å²) in [6.45, 7) is 13.5. The van der Waals surface area contributed by atoms with Crippen LogP contribution in [0.5, 0.6) is 28.7 Å². The molecule has 9 nitrogen and oxygen atoms in total. The Morgan fingerprint density at radius 2 is 1.62 bits per heavy atom. The van der Waals surface area contributed by atoms with Crippen LogP contribution in [0.25, 0.3) is 0 Å². The lowest BCUT2D eigenvalue weighted by molar-refractivity contribution is -0.145. The van der Waals surface area contributed by atoms with Crippen LogP contribution in [-0.2, 0) is 20.4 Å². The van der Waals surface area contributed by atoms with Gasteiger partial charge in [0.1, 0.15) is 6.04 Å². The van der Waals surface area contributed by atoms with E-state index in [2.05, 4.69) is 55.1 Å². The predicted octanol–water partition coefficient (Wildman–Crippen LogP) is 6.43. The molecular weight excluding hydrogens is 598 g/mol. The maximum atomic E-state index is 13.5. The molecule has 2 atom stereocenters. The van der Waals surface area contributed by atoms with Crippen LogP contribution in [-0.4, -0.2) is 61.7 Å². The number of fused-ring (bicyclic) bond motifs is 1. The van der Waals surface area contributed by atoms with Gasteiger partial charge in [0.25, 0.3) is 0 Å². The van der Waals surface area contributed by atoms with E-state index in [0.29, 0.717) is 47.5 Å². The number of carbonyl (C=O) groups excluding carboxylic acids is 1. The van der Waals surface area contributed by atoms with E-state index in [0.717, 1.165) is 10.0 Å². The van der Waals surface area contributed by atoms with E-state index in [1.807, 2.05) is 12.1 Å². The van der Waals surface area contributed by atoms with Crippen LogP contribution >= 0.6 is 15.9 Å². The maximum absolute atomic E-state index is 13.5. The van der Waals surface area contributed by atoms with Gasteiger partial charge in [0.2, 0.25) is 12.5 Å². The fraction of sp³-hybridized carbons (Fsp3) is 0.552. The zero-order valence-electron chi connectivity index (χ0n) is 24.9. The van der Waals surface area contributed by atoms with Gasteiger partial charge in [0.15, 0.2) is 31.3 Å². The molecule has 1 aliphatic rings. The van der Waals surface area contributed by atoms with Crippen molar-refractivity contribution < 1.29 is 37.6 Å². The first-order chi connectivity index (χ1) is 18.8. The van der Waals surface area contributed by atoms with E-state index in [1.165, 1.54) is 0 Å². The average Bonchev–Trinajstić information content (AvgIpc) is 3.35. The Morgan fingerprint density at radius 3 is 2.15 bits per heavy atom. The van der Waals surface area contributed by atoms with Gasteiger partial charge in [-0.2, -0.15) is 0 Å². The van der Waals surface area contributed by atoms with Gasteiger partial charge in [-0.15, -0.1) is 0 Å². The number of hydrogen-bond donors (Lipinski definition) is 1. The quantitative estimate of drug-likeness (QED) is 0.197. The minimum atomic E-state index is -2.14. The molecule has 1 aliphatic heterocycles. The number of halogens is 1. The summed E-state index contributed by atoms with van der Waals surface area (Å²) in [5, 5.41) is 3.41. The van der Waals surface area contributed by atoms with Crippen LogP contribution in [0.3, 0.4) is 0 Å². The fourth-order valence-corrected chi connectivity index (χ4v) is 5.70. The second-order valence-corrected chi connectivity index (χ2v) is 16.8. The Labute approximate surface area is 247 Å². The first-order valence-electron chi connectivity index (χ1n) is 13.3. The molecule has 3 rings (SSSR count). The summed E-state index contributed by atoms with van der Waals surface area (Å²) in [7, 11) is 2.51. The highest BCUT2D eigenvalue weighted by Gasteiger charge is 2.40. The molecule has 0 aromatic heterocycles. The molecule has 0 saturated carbocycles. The SMILES string of the molecule is CCOC(=O)[C@H](Nc1cc(OC)c(OC)c(OC)c1)[C@H](CO[Si](C)(C)C(C)(C)C)Cc1cc2c(cc1Br)OCO2. The minimum absolute atomic E-state index is 0.000447. The summed E-state index contributed by atoms with van der Waals surface area (Å²) in [5.74, 6) is 2.08. The fourth-order valence-electron chi connectivity index (χ4n) is 4.15. The average molecular weight is 641 g/mol. The number of rotatable bonds is 13. The van der Waals surface area contributed by atoms with Crippen LogP contribution in [0.1, 0.15) is 33.3 Å². The lowest BCUT2D eigenvalue weighted by atomic mass is 9.92. The molecule has 2 aromatic rings. The summed E-state index contributed by atoms with van der Waals surface area (Å²) in [6.07, 6.45) is 0.507. The number of carbonyl (C=O) groups is 1. The molecule has 0 aliphatic carbocycles. The van der Waals surface area contributed by atoms with Crippen LogP contribution in [0, 0.1) is 5.92 Å². The van der Waals surface area contributed by atoms with Crippen molar-refractivity contribution >= 4 is 35.9 Å². The standard InChI is InChI=1S/C29H42BrNO8Si/c1-10-36-28(32)26(31-20-13-24(33-5)27(35-7)25(14-20)34-6)19(16-39-40(8,9)29(2,3)4)11-18-12-22-23(15-21(18)30)38-17-37-22/h12-15,19,26,31H,10-11,16-17H2,1-9H3/t19-,26+/m0/s1. The van der Waals surface area contributed by atoms with E-state index in [1.54, 1.807) is 40.4 Å². The molecule has 0 fully saturated rings. The number of hydrogen-bond acceptors (Lipinski definition) is 9. The molecule has 0 radical (unpaired) electrons. The molecule has 0 spiro atoms. The Kier molecular flexibility index (Phi) is 10.6. The molecule has 0 unspecified atom stereocenters. The van der Waals surface area contributed by atoms with Gasteiger partial charge in [0.05, 0.1) is 27.9 Å². The van der Waals surface area contributed by atoms with Crippen molar-refractivity contribution in [2.75, 3.05) is 46.7 Å². The van der Waals surface area contributed by atoms with Gasteiger partial charge in [-0.05, 0) is 49.2 Å². The van der Waals surface area contributed by atoms with Crippen molar-refractivity contribution in [1.29, 1.82) is 0 Å². The largest absolute Gasteiger partial charge is 0.493 e. The second kappa shape index (κ2) is 13.4. The van der Waals surface area contributed by atoms with Crippen molar-refractivity contribution in [2.24, 2.45) is 5.92 Å². The lowest BCUT2D eigenvalue weighted by Crippen LogP contribution is -2.46. The third-order valence-corrected chi connectivity index (χ3v) is 12.7. The van der Waals surface area contributed by atoms with Gasteiger partial charge < -0.3 is 38.2 Å². The number of methoxy groups -OCH3 is 3. The number of esters is 1. The van der Waals surface area contributed by atoms with Crippen LogP contribution < -0.4 is 29.0 Å². The molecule has 1 N–H and O–H groups in total. The summed E-state index contributed by atoms with van der Waals surface area (Å²) in [5.41, 5.74) is 1.59. The molecule has 40 heavy (non-hydrogen) atoms. The Balaban J connectivity index is 2.05. The van der Waals surface area contributed by atoms with Crippen molar-refractivity contribution in [3.8, 4) is 28.7 Å². The van der Waals surface area contributed by atoms with Crippen molar-refractivity contribution in [2.45, 2.75) is 58.3 Å². The Morgan fingerprint density at radius 1 is 1.02 bits per heavy atom. The second-order valence-electron chi connectivity index (χ2n) is 11.1. The number of benzene rings is 2. The lowest BCUT2D eigenvalue weighted by Gasteiger charge is -2.38. The first-order valence-corrected chi connectivity index (χ1v) is 17.0. The van der Waals surface area contributed by atoms with Crippen molar-refractivity contribution in [3.63, 3.8) is 0 Å². The summed E-state index contributed by atoms with van der Waals surface area (Å²) < 4.78 is 40.8. The highest BCUT2D eigenvalue weighted by atomic mass is 79.9. The molecule has 0 amide bonds. The smallest absolute Gasteiger partial charge is 0.328 e. The molecule has 11 heteroatoms. The van der Waals surface area contributed by atoms with Crippen LogP contribution in [0.4, 0.5) is 5.69 Å². The van der Waals surface area contributed by atoms with Crippen molar-refractivity contribution in [1.82, 2.24) is 0 Å². The van der Waals surface area contributed by atoms with Crippen molar-refractivity contribution in [3.05, 3.63) is 34.3 Å². The van der Waals surface area contributed by atoms with Gasteiger partial charge in [-0.3, -0.25) is 0 Å². The molecule has 222 valence electrons. The molecule has 0 saturated heterocycles. The maximum Gasteiger partial charge on any atom is 0.328 e. The van der Waals surface area contributed by atoms with Gasteiger partial charge in [-0.1, -0.05) is 36.7 Å². The molecule has 1 heterocycles. The third-order valence-electron chi connectivity index (χ3n) is 7.49. The van der Waals surface area contributed by atoms with Gasteiger partial charge in [-0.25, -0.2) is 4.79 Å². The summed E-state index contributed by atoms with van der Waals surface area (Å²) in [6, 6.07) is 6.65. The van der Waals surface area contributed by atoms with E-state index in [-0.39, 0.29) is 30.3 Å². The minimum Gasteiger partial charge on any atom is -0.493 e. The first kappa shape index (κ1) is 31.9. The number of anilines is 1. The highest BCUT2D eigenvalue weighted by Crippen LogP contribution is 2.42. The summed E-state index contributed by atoms with van der Waals surface area (Å²) in [4.78, 5) is 13.5. The van der Waals surface area contributed by atoms with Crippen LogP contribution in [0.2, 0.25) is 18.1 Å². The van der Waals surface area contributed by atoms with E-state index < -0.39 is 14.4 Å². The number of ether oxygens (including phenoxy) is 6. The van der Waals surface area contributed by atoms with E-state index in [4.69, 9.17) is 32.8 Å².